The van der Waals surface area contributed by atoms with E-state index >= 15 is 0 Å². The molecule has 1 unspecified atom stereocenters. The summed E-state index contributed by atoms with van der Waals surface area (Å²) in [6.45, 7) is 5.32. The second-order valence-corrected chi connectivity index (χ2v) is 4.08. The number of carbonyl (C=O) groups is 1. The molecule has 88 valence electrons. The van der Waals surface area contributed by atoms with Gasteiger partial charge in [-0.1, -0.05) is 6.07 Å². The fourth-order valence-corrected chi connectivity index (χ4v) is 1.69. The van der Waals surface area contributed by atoms with Gasteiger partial charge in [-0.2, -0.15) is 0 Å². The van der Waals surface area contributed by atoms with E-state index in [2.05, 4.69) is 0 Å². The molecule has 0 aromatic heterocycles. The number of nitrogens with two attached hydrogens (primary N) is 1. The van der Waals surface area contributed by atoms with Crippen molar-refractivity contribution in [1.29, 1.82) is 0 Å². The fraction of sp³-hybridized carbons (Fsp3) is 0.417. The minimum absolute atomic E-state index is 0.0233. The highest BCUT2D eigenvalue weighted by Gasteiger charge is 2.18. The van der Waals surface area contributed by atoms with Gasteiger partial charge in [-0.3, -0.25) is 4.79 Å². The summed E-state index contributed by atoms with van der Waals surface area (Å²) in [5.41, 5.74) is 8.08. The lowest BCUT2D eigenvalue weighted by atomic mass is 9.94. The Hall–Kier alpha value is -1.42. The monoisotopic (exact) mass is 225 g/mol. The normalized spacial score (nSPS) is 12.6. The van der Waals surface area contributed by atoms with E-state index in [0.29, 0.717) is 11.1 Å². The molecule has 0 radical (unpaired) electrons. The molecule has 1 aromatic rings. The number of hydrogen-bond donors (Lipinski definition) is 2. The van der Waals surface area contributed by atoms with Crippen molar-refractivity contribution in [2.45, 2.75) is 33.2 Å². The van der Waals surface area contributed by atoms with Gasteiger partial charge < -0.3 is 10.8 Å². The lowest BCUT2D eigenvalue weighted by Gasteiger charge is -2.14. The predicted octanol–water partition coefficient (Wildman–Crippen LogP) is 1.71. The molecular weight excluding hydrogens is 209 g/mol. The van der Waals surface area contributed by atoms with E-state index in [1.165, 1.54) is 0 Å². The van der Waals surface area contributed by atoms with E-state index in [4.69, 9.17) is 10.8 Å². The van der Waals surface area contributed by atoms with E-state index in [-0.39, 0.29) is 12.2 Å². The summed E-state index contributed by atoms with van der Waals surface area (Å²) in [7, 11) is 0. The van der Waals surface area contributed by atoms with Crippen molar-refractivity contribution in [3.05, 3.63) is 34.1 Å². The van der Waals surface area contributed by atoms with Crippen LogP contribution in [-0.2, 0) is 11.2 Å². The first-order valence-electron chi connectivity index (χ1n) is 5.08. The smallest absolute Gasteiger partial charge is 0.320 e. The van der Waals surface area contributed by atoms with Crippen LogP contribution in [0.3, 0.4) is 0 Å². The van der Waals surface area contributed by atoms with Crippen molar-refractivity contribution in [3.63, 3.8) is 0 Å². The summed E-state index contributed by atoms with van der Waals surface area (Å²) in [5.74, 6) is -1.46. The van der Waals surface area contributed by atoms with Crippen molar-refractivity contribution in [1.82, 2.24) is 0 Å². The number of carboxylic acid groups (broad SMARTS) is 1. The molecule has 0 saturated carbocycles. The van der Waals surface area contributed by atoms with Crippen LogP contribution in [0.25, 0.3) is 0 Å². The quantitative estimate of drug-likeness (QED) is 0.823. The highest BCUT2D eigenvalue weighted by atomic mass is 19.1. The van der Waals surface area contributed by atoms with Crippen LogP contribution in [0.1, 0.15) is 22.3 Å². The van der Waals surface area contributed by atoms with Crippen LogP contribution in [0.15, 0.2) is 6.07 Å². The van der Waals surface area contributed by atoms with Crippen molar-refractivity contribution >= 4 is 5.97 Å². The van der Waals surface area contributed by atoms with Crippen LogP contribution in [0, 0.1) is 26.6 Å². The van der Waals surface area contributed by atoms with E-state index < -0.39 is 12.0 Å². The van der Waals surface area contributed by atoms with Crippen LogP contribution in [0.5, 0.6) is 0 Å². The second kappa shape index (κ2) is 4.61. The molecule has 0 heterocycles. The van der Waals surface area contributed by atoms with Gasteiger partial charge in [0, 0.05) is 6.42 Å². The minimum Gasteiger partial charge on any atom is -0.480 e. The first-order valence-corrected chi connectivity index (χ1v) is 5.08. The minimum atomic E-state index is -1.11. The summed E-state index contributed by atoms with van der Waals surface area (Å²) in [4.78, 5) is 10.6. The zero-order chi connectivity index (χ0) is 12.5. The van der Waals surface area contributed by atoms with Gasteiger partial charge >= 0.3 is 5.97 Å². The molecule has 0 aliphatic rings. The molecule has 0 spiro atoms. The largest absolute Gasteiger partial charge is 0.480 e. The van der Waals surface area contributed by atoms with E-state index in [9.17, 15) is 9.18 Å². The van der Waals surface area contributed by atoms with Gasteiger partial charge in [0.15, 0.2) is 0 Å². The zero-order valence-corrected chi connectivity index (χ0v) is 9.67. The van der Waals surface area contributed by atoms with Crippen LogP contribution in [0.4, 0.5) is 4.39 Å². The third-order valence-electron chi connectivity index (χ3n) is 2.83. The molecule has 0 amide bonds. The molecule has 3 N–H and O–H groups in total. The summed E-state index contributed by atoms with van der Waals surface area (Å²) < 4.78 is 13.8. The summed E-state index contributed by atoms with van der Waals surface area (Å²) in [5, 5.41) is 8.72. The molecule has 16 heavy (non-hydrogen) atoms. The maximum atomic E-state index is 13.8. The molecule has 0 saturated heterocycles. The lowest BCUT2D eigenvalue weighted by Crippen LogP contribution is -2.33. The first kappa shape index (κ1) is 12.6. The highest BCUT2D eigenvalue weighted by molar-refractivity contribution is 5.73. The van der Waals surface area contributed by atoms with Crippen molar-refractivity contribution < 1.29 is 14.3 Å². The SMILES string of the molecule is Cc1cc(C)c(F)c(CC(N)C(=O)O)c1C. The molecule has 1 rings (SSSR count). The molecule has 4 heteroatoms. The molecule has 3 nitrogen and oxygen atoms in total. The van der Waals surface area contributed by atoms with Gasteiger partial charge in [-0.25, -0.2) is 4.39 Å². The van der Waals surface area contributed by atoms with Gasteiger partial charge in [0.1, 0.15) is 11.9 Å². The standard InChI is InChI=1S/C12H16FNO2/c1-6-4-7(2)11(13)9(8(6)3)5-10(14)12(15)16/h4,10H,5,14H2,1-3H3,(H,15,16). The number of rotatable bonds is 3. The number of benzene rings is 1. The lowest BCUT2D eigenvalue weighted by molar-refractivity contribution is -0.138. The van der Waals surface area contributed by atoms with Gasteiger partial charge in [0.25, 0.3) is 0 Å². The maximum Gasteiger partial charge on any atom is 0.320 e. The van der Waals surface area contributed by atoms with E-state index in [1.54, 1.807) is 19.9 Å². The average molecular weight is 225 g/mol. The first-order chi connectivity index (χ1) is 7.34. The molecule has 0 bridgehead atoms. The summed E-state index contributed by atoms with van der Waals surface area (Å²) in [6, 6.07) is 0.690. The molecule has 1 atom stereocenters. The topological polar surface area (TPSA) is 63.3 Å². The van der Waals surface area contributed by atoms with Crippen LogP contribution >= 0.6 is 0 Å². The van der Waals surface area contributed by atoms with Gasteiger partial charge in [-0.05, 0) is 43.0 Å². The van der Waals surface area contributed by atoms with Crippen LogP contribution < -0.4 is 5.73 Å². The highest BCUT2D eigenvalue weighted by Crippen LogP contribution is 2.21. The summed E-state index contributed by atoms with van der Waals surface area (Å²) >= 11 is 0. The van der Waals surface area contributed by atoms with Gasteiger partial charge in [0.2, 0.25) is 0 Å². The van der Waals surface area contributed by atoms with Crippen molar-refractivity contribution in [2.75, 3.05) is 0 Å². The Bertz CT molecular complexity index is 403. The van der Waals surface area contributed by atoms with Gasteiger partial charge in [-0.15, -0.1) is 0 Å². The zero-order valence-electron chi connectivity index (χ0n) is 9.67. The van der Waals surface area contributed by atoms with Crippen molar-refractivity contribution in [2.24, 2.45) is 5.73 Å². The van der Waals surface area contributed by atoms with Crippen LogP contribution in [-0.4, -0.2) is 17.1 Å². The molecule has 0 aliphatic heterocycles. The Morgan fingerprint density at radius 3 is 2.50 bits per heavy atom. The summed E-state index contributed by atoms with van der Waals surface area (Å²) in [6.07, 6.45) is 0.0233. The Labute approximate surface area is 94.1 Å². The van der Waals surface area contributed by atoms with Crippen LogP contribution in [0.2, 0.25) is 0 Å². The van der Waals surface area contributed by atoms with Crippen molar-refractivity contribution in [3.8, 4) is 0 Å². The second-order valence-electron chi connectivity index (χ2n) is 4.08. The maximum absolute atomic E-state index is 13.8. The molecule has 1 aromatic carbocycles. The number of aliphatic carboxylic acids is 1. The molecule has 0 fully saturated rings. The Morgan fingerprint density at radius 1 is 1.44 bits per heavy atom. The third kappa shape index (κ3) is 2.39. The Morgan fingerprint density at radius 2 is 2.00 bits per heavy atom. The number of carboxylic acids is 1. The van der Waals surface area contributed by atoms with Gasteiger partial charge in [0.05, 0.1) is 0 Å². The average Bonchev–Trinajstić information content (AvgIpc) is 2.21. The Balaban J connectivity index is 3.17. The predicted molar refractivity (Wildman–Crippen MR) is 59.9 cm³/mol. The Kier molecular flexibility index (Phi) is 3.65. The van der Waals surface area contributed by atoms with E-state index in [0.717, 1.165) is 11.1 Å². The third-order valence-corrected chi connectivity index (χ3v) is 2.83. The molecular formula is C12H16FNO2. The number of halogens is 1. The molecule has 0 aliphatic carbocycles. The fourth-order valence-electron chi connectivity index (χ4n) is 1.69. The van der Waals surface area contributed by atoms with E-state index in [1.807, 2.05) is 6.92 Å². The number of hydrogen-bond acceptors (Lipinski definition) is 2. The number of aryl methyl sites for hydroxylation is 2.